The first-order chi connectivity index (χ1) is 11.1. The molecule has 0 atom stereocenters. The van der Waals surface area contributed by atoms with E-state index in [2.05, 4.69) is 4.98 Å². The SMILES string of the molecule is Cc1[nH]c2ccccc2c1CC(=O)N(CC(N)=O)C1CCCC1. The molecule has 1 aromatic heterocycles. The maximum absolute atomic E-state index is 12.8. The number of hydrogen-bond acceptors (Lipinski definition) is 2. The average Bonchev–Trinajstić information content (AvgIpc) is 3.13. The molecule has 0 unspecified atom stereocenters. The molecule has 1 aliphatic rings. The van der Waals surface area contributed by atoms with Crippen molar-refractivity contribution < 1.29 is 9.59 Å². The Morgan fingerprint density at radius 1 is 1.26 bits per heavy atom. The van der Waals surface area contributed by atoms with Gasteiger partial charge in [-0.25, -0.2) is 0 Å². The molecule has 2 amide bonds. The molecule has 3 rings (SSSR count). The van der Waals surface area contributed by atoms with Crippen molar-refractivity contribution in [1.82, 2.24) is 9.88 Å². The van der Waals surface area contributed by atoms with Gasteiger partial charge in [-0.05, 0) is 31.4 Å². The fraction of sp³-hybridized carbons (Fsp3) is 0.444. The van der Waals surface area contributed by atoms with Gasteiger partial charge in [0.25, 0.3) is 0 Å². The maximum atomic E-state index is 12.8. The van der Waals surface area contributed by atoms with E-state index in [-0.39, 0.29) is 18.5 Å². The Morgan fingerprint density at radius 3 is 2.65 bits per heavy atom. The van der Waals surface area contributed by atoms with Crippen LogP contribution in [0.25, 0.3) is 10.9 Å². The van der Waals surface area contributed by atoms with Crippen LogP contribution in [0.2, 0.25) is 0 Å². The summed E-state index contributed by atoms with van der Waals surface area (Å²) in [5.41, 5.74) is 8.41. The summed E-state index contributed by atoms with van der Waals surface area (Å²) in [6.07, 6.45) is 4.45. The van der Waals surface area contributed by atoms with Crippen molar-refractivity contribution in [3.05, 3.63) is 35.5 Å². The number of primary amides is 1. The van der Waals surface area contributed by atoms with Crippen molar-refractivity contribution in [3.63, 3.8) is 0 Å². The first-order valence-electron chi connectivity index (χ1n) is 8.20. The van der Waals surface area contributed by atoms with E-state index < -0.39 is 5.91 Å². The summed E-state index contributed by atoms with van der Waals surface area (Å²) in [5, 5.41) is 1.07. The number of fused-ring (bicyclic) bond motifs is 1. The zero-order valence-corrected chi connectivity index (χ0v) is 13.5. The van der Waals surface area contributed by atoms with Crippen LogP contribution >= 0.6 is 0 Å². The Morgan fingerprint density at radius 2 is 1.96 bits per heavy atom. The van der Waals surface area contributed by atoms with Crippen LogP contribution in [0.5, 0.6) is 0 Å². The standard InChI is InChI=1S/C18H23N3O2/c1-12-15(14-8-4-5-9-16(14)20-12)10-18(23)21(11-17(19)22)13-6-2-3-7-13/h4-5,8-9,13,20H,2-3,6-7,10-11H2,1H3,(H2,19,22). The largest absolute Gasteiger partial charge is 0.368 e. The third-order valence-corrected chi connectivity index (χ3v) is 4.77. The van der Waals surface area contributed by atoms with Crippen LogP contribution in [0.3, 0.4) is 0 Å². The Kier molecular flexibility index (Phi) is 4.37. The van der Waals surface area contributed by atoms with E-state index in [4.69, 9.17) is 5.73 Å². The monoisotopic (exact) mass is 313 g/mol. The van der Waals surface area contributed by atoms with E-state index in [1.165, 1.54) is 0 Å². The molecule has 2 aromatic rings. The van der Waals surface area contributed by atoms with E-state index in [1.54, 1.807) is 4.90 Å². The lowest BCUT2D eigenvalue weighted by Crippen LogP contribution is -2.44. The van der Waals surface area contributed by atoms with Gasteiger partial charge in [-0.3, -0.25) is 9.59 Å². The number of para-hydroxylation sites is 1. The van der Waals surface area contributed by atoms with Gasteiger partial charge in [0, 0.05) is 22.6 Å². The van der Waals surface area contributed by atoms with Gasteiger partial charge in [0.15, 0.2) is 0 Å². The third-order valence-electron chi connectivity index (χ3n) is 4.77. The number of nitrogens with zero attached hydrogens (tertiary/aromatic N) is 1. The molecule has 0 aliphatic heterocycles. The van der Waals surface area contributed by atoms with Crippen LogP contribution in [0.1, 0.15) is 36.9 Å². The number of aryl methyl sites for hydroxylation is 1. The summed E-state index contributed by atoms with van der Waals surface area (Å²) < 4.78 is 0. The molecular formula is C18H23N3O2. The second kappa shape index (κ2) is 6.44. The smallest absolute Gasteiger partial charge is 0.237 e. The molecule has 1 fully saturated rings. The van der Waals surface area contributed by atoms with Crippen LogP contribution in [0.4, 0.5) is 0 Å². The van der Waals surface area contributed by atoms with Crippen molar-refractivity contribution in [3.8, 4) is 0 Å². The fourth-order valence-electron chi connectivity index (χ4n) is 3.62. The number of benzene rings is 1. The van der Waals surface area contributed by atoms with Gasteiger partial charge in [-0.1, -0.05) is 31.0 Å². The summed E-state index contributed by atoms with van der Waals surface area (Å²) in [4.78, 5) is 29.2. The van der Waals surface area contributed by atoms with E-state index in [9.17, 15) is 9.59 Å². The Hall–Kier alpha value is -2.30. The van der Waals surface area contributed by atoms with Gasteiger partial charge in [0.1, 0.15) is 0 Å². The van der Waals surface area contributed by atoms with Gasteiger partial charge < -0.3 is 15.6 Å². The molecule has 1 aliphatic carbocycles. The summed E-state index contributed by atoms with van der Waals surface area (Å²) in [6, 6.07) is 8.13. The number of carbonyl (C=O) groups is 2. The summed E-state index contributed by atoms with van der Waals surface area (Å²) in [7, 11) is 0. The minimum absolute atomic E-state index is 0.0106. The second-order valence-electron chi connectivity index (χ2n) is 6.38. The molecule has 1 heterocycles. The van der Waals surface area contributed by atoms with Crippen molar-refractivity contribution in [2.24, 2.45) is 5.73 Å². The number of aromatic amines is 1. The predicted octanol–water partition coefficient (Wildman–Crippen LogP) is 2.28. The molecule has 1 saturated carbocycles. The molecule has 0 saturated heterocycles. The van der Waals surface area contributed by atoms with Crippen molar-refractivity contribution >= 4 is 22.7 Å². The van der Waals surface area contributed by atoms with Gasteiger partial charge in [0.05, 0.1) is 13.0 Å². The molecule has 122 valence electrons. The van der Waals surface area contributed by atoms with Crippen LogP contribution in [0.15, 0.2) is 24.3 Å². The zero-order valence-electron chi connectivity index (χ0n) is 13.5. The Bertz CT molecular complexity index is 729. The Balaban J connectivity index is 1.85. The van der Waals surface area contributed by atoms with Gasteiger partial charge in [-0.15, -0.1) is 0 Å². The zero-order chi connectivity index (χ0) is 16.4. The summed E-state index contributed by atoms with van der Waals surface area (Å²) in [5.74, 6) is -0.454. The van der Waals surface area contributed by atoms with E-state index in [0.29, 0.717) is 6.42 Å². The molecule has 0 bridgehead atoms. The number of H-pyrrole nitrogens is 1. The van der Waals surface area contributed by atoms with E-state index >= 15 is 0 Å². The quantitative estimate of drug-likeness (QED) is 0.888. The van der Waals surface area contributed by atoms with Crippen molar-refractivity contribution in [1.29, 1.82) is 0 Å². The molecule has 0 radical (unpaired) electrons. The van der Waals surface area contributed by atoms with Crippen LogP contribution in [-0.2, 0) is 16.0 Å². The predicted molar refractivity (Wildman–Crippen MR) is 89.9 cm³/mol. The normalized spacial score (nSPS) is 15.2. The highest BCUT2D eigenvalue weighted by molar-refractivity contribution is 5.91. The van der Waals surface area contributed by atoms with E-state index in [0.717, 1.165) is 47.8 Å². The number of rotatable bonds is 5. The Labute approximate surface area is 135 Å². The molecule has 1 aromatic carbocycles. The highest BCUT2D eigenvalue weighted by Crippen LogP contribution is 2.26. The highest BCUT2D eigenvalue weighted by atomic mass is 16.2. The topological polar surface area (TPSA) is 79.2 Å². The number of aromatic nitrogens is 1. The summed E-state index contributed by atoms with van der Waals surface area (Å²) >= 11 is 0. The van der Waals surface area contributed by atoms with Gasteiger partial charge in [-0.2, -0.15) is 0 Å². The average molecular weight is 313 g/mol. The molecular weight excluding hydrogens is 290 g/mol. The number of carbonyl (C=O) groups excluding carboxylic acids is 2. The van der Waals surface area contributed by atoms with Gasteiger partial charge in [0.2, 0.25) is 11.8 Å². The minimum atomic E-state index is -0.444. The highest BCUT2D eigenvalue weighted by Gasteiger charge is 2.28. The molecule has 5 nitrogen and oxygen atoms in total. The molecule has 5 heteroatoms. The number of nitrogens with two attached hydrogens (primary N) is 1. The number of amides is 2. The van der Waals surface area contributed by atoms with E-state index in [1.807, 2.05) is 31.2 Å². The maximum Gasteiger partial charge on any atom is 0.237 e. The number of hydrogen-bond donors (Lipinski definition) is 2. The molecule has 0 spiro atoms. The lowest BCUT2D eigenvalue weighted by Gasteiger charge is -2.28. The molecule has 3 N–H and O–H groups in total. The lowest BCUT2D eigenvalue weighted by atomic mass is 10.1. The van der Waals surface area contributed by atoms with Crippen molar-refractivity contribution in [2.45, 2.75) is 45.1 Å². The van der Waals surface area contributed by atoms with Crippen LogP contribution in [-0.4, -0.2) is 34.3 Å². The fourth-order valence-corrected chi connectivity index (χ4v) is 3.62. The molecule has 23 heavy (non-hydrogen) atoms. The number of nitrogens with one attached hydrogen (secondary N) is 1. The summed E-state index contributed by atoms with van der Waals surface area (Å²) in [6.45, 7) is 2.00. The van der Waals surface area contributed by atoms with Crippen LogP contribution < -0.4 is 5.73 Å². The van der Waals surface area contributed by atoms with Gasteiger partial charge >= 0.3 is 0 Å². The lowest BCUT2D eigenvalue weighted by molar-refractivity contribution is -0.136. The minimum Gasteiger partial charge on any atom is -0.368 e. The second-order valence-corrected chi connectivity index (χ2v) is 6.38. The first kappa shape index (κ1) is 15.6. The van der Waals surface area contributed by atoms with Crippen molar-refractivity contribution in [2.75, 3.05) is 6.54 Å². The first-order valence-corrected chi connectivity index (χ1v) is 8.20. The third kappa shape index (κ3) is 3.23. The van der Waals surface area contributed by atoms with Crippen LogP contribution in [0, 0.1) is 6.92 Å².